The zero-order valence-corrected chi connectivity index (χ0v) is 36.4. The molecule has 1 fully saturated rings. The molecule has 0 spiro atoms. The van der Waals surface area contributed by atoms with Gasteiger partial charge in [0.15, 0.2) is 0 Å². The average molecular weight is 842 g/mol. The van der Waals surface area contributed by atoms with Gasteiger partial charge in [0.1, 0.15) is 12.1 Å². The molecule has 13 heteroatoms. The molecule has 3 aromatic carbocycles. The minimum atomic E-state index is -1.32. The number of carboxylic acid groups (broad SMARTS) is 1. The summed E-state index contributed by atoms with van der Waals surface area (Å²) >= 11 is 0. The van der Waals surface area contributed by atoms with E-state index in [1.54, 1.807) is 43.0 Å². The predicted octanol–water partition coefficient (Wildman–Crippen LogP) is 7.01. The number of carbonyl (C=O) groups excluding carboxylic acids is 3. The van der Waals surface area contributed by atoms with Crippen molar-refractivity contribution in [1.82, 2.24) is 35.7 Å². The summed E-state index contributed by atoms with van der Waals surface area (Å²) in [6.07, 6.45) is 1.47. The van der Waals surface area contributed by atoms with E-state index >= 15 is 0 Å². The molecule has 1 saturated heterocycles. The number of fused-ring (bicyclic) bond motifs is 1. The van der Waals surface area contributed by atoms with E-state index in [4.69, 9.17) is 0 Å². The summed E-state index contributed by atoms with van der Waals surface area (Å²) in [7, 11) is 0. The molecule has 13 nitrogen and oxygen atoms in total. The van der Waals surface area contributed by atoms with Crippen LogP contribution in [0, 0.1) is 10.8 Å². The van der Waals surface area contributed by atoms with E-state index in [1.165, 1.54) is 0 Å². The number of nitrogens with one attached hydrogen (secondary N) is 3. The largest absolute Gasteiger partial charge is 0.465 e. The van der Waals surface area contributed by atoms with Crippen molar-refractivity contribution in [2.24, 2.45) is 10.8 Å². The zero-order valence-electron chi connectivity index (χ0n) is 36.4. The number of urea groups is 1. The van der Waals surface area contributed by atoms with E-state index in [0.29, 0.717) is 26.1 Å². The van der Waals surface area contributed by atoms with Crippen LogP contribution in [-0.2, 0) is 22.6 Å². The van der Waals surface area contributed by atoms with Crippen LogP contribution < -0.4 is 16.0 Å². The van der Waals surface area contributed by atoms with Crippen molar-refractivity contribution in [3.63, 3.8) is 0 Å². The van der Waals surface area contributed by atoms with Crippen LogP contribution in [-0.4, -0.2) is 97.8 Å². The standard InChI is InChI=1S/C49H59N7O6/c1-48(2,3)42(54-46(60)61)44(58)52-27-24-40(57)41(37(33-14-8-7-9-15-33)30-32-19-21-34(22-20-32)38-17-12-13-25-50-38)53-45(59)43(49(4,5)6)56-29-28-55(47(56)62)31-35-23-26-51-39-18-11-10-16-36(35)39/h7-23,25-26,37,40-43,54,57H,24,27-31H2,1-6H3,(H,52,58)(H,53,59)(H,60,61). The number of rotatable bonds is 16. The smallest absolute Gasteiger partial charge is 0.405 e. The Hall–Kier alpha value is -6.34. The number of nitrogens with zero attached hydrogens (tertiary/aromatic N) is 4. The van der Waals surface area contributed by atoms with E-state index in [0.717, 1.165) is 38.9 Å². The number of pyridine rings is 2. The van der Waals surface area contributed by atoms with E-state index in [9.17, 15) is 29.4 Å². The van der Waals surface area contributed by atoms with Crippen LogP contribution in [0.2, 0.25) is 0 Å². The molecule has 0 radical (unpaired) electrons. The summed E-state index contributed by atoms with van der Waals surface area (Å²) in [4.78, 5) is 66.5. The molecule has 0 bridgehead atoms. The molecule has 0 saturated carbocycles. The van der Waals surface area contributed by atoms with Gasteiger partial charge in [0.05, 0.1) is 23.4 Å². The summed E-state index contributed by atoms with van der Waals surface area (Å²) in [5, 5.41) is 31.0. The number of carbonyl (C=O) groups is 4. The molecule has 5 amide bonds. The van der Waals surface area contributed by atoms with E-state index in [1.807, 2.05) is 124 Å². The Bertz CT molecular complexity index is 2310. The van der Waals surface area contributed by atoms with Gasteiger partial charge < -0.3 is 36.0 Å². The molecule has 5 N–H and O–H groups in total. The second-order valence-electron chi connectivity index (χ2n) is 18.2. The molecule has 5 atom stereocenters. The van der Waals surface area contributed by atoms with Crippen LogP contribution >= 0.6 is 0 Å². The van der Waals surface area contributed by atoms with Crippen molar-refractivity contribution in [1.29, 1.82) is 0 Å². The van der Waals surface area contributed by atoms with Crippen molar-refractivity contribution >= 4 is 34.8 Å². The SMILES string of the molecule is CC(C)(C)C(NC(=O)O)C(=O)NCCC(O)C(NC(=O)C(N1CCN(Cc2ccnc3ccccc23)C1=O)C(C)(C)C)C(Cc1ccc(-c2ccccn2)cc1)c1ccccc1. The normalized spacial score (nSPS) is 15.7. The van der Waals surface area contributed by atoms with Gasteiger partial charge in [-0.3, -0.25) is 19.6 Å². The second-order valence-corrected chi connectivity index (χ2v) is 18.2. The lowest BCUT2D eigenvalue weighted by atomic mass is 9.81. The lowest BCUT2D eigenvalue weighted by Gasteiger charge is -2.39. The van der Waals surface area contributed by atoms with Crippen LogP contribution in [0.4, 0.5) is 9.59 Å². The Morgan fingerprint density at radius 3 is 2.11 bits per heavy atom. The highest BCUT2D eigenvalue weighted by atomic mass is 16.4. The van der Waals surface area contributed by atoms with Crippen molar-refractivity contribution in [2.45, 2.75) is 91.1 Å². The molecule has 6 rings (SSSR count). The third-order valence-corrected chi connectivity index (χ3v) is 11.5. The lowest BCUT2D eigenvalue weighted by molar-refractivity contribution is -0.131. The van der Waals surface area contributed by atoms with Gasteiger partial charge in [0.2, 0.25) is 11.8 Å². The van der Waals surface area contributed by atoms with Gasteiger partial charge in [-0.2, -0.15) is 0 Å². The highest BCUT2D eigenvalue weighted by molar-refractivity contribution is 5.90. The second kappa shape index (κ2) is 19.6. The number of aliphatic hydroxyl groups excluding tert-OH is 1. The fourth-order valence-electron chi connectivity index (χ4n) is 8.37. The molecule has 5 unspecified atom stereocenters. The molecule has 62 heavy (non-hydrogen) atoms. The Morgan fingerprint density at radius 2 is 1.45 bits per heavy atom. The number of benzene rings is 3. The third kappa shape index (κ3) is 11.1. The van der Waals surface area contributed by atoms with Gasteiger partial charge in [-0.05, 0) is 64.6 Å². The fraction of sp³-hybridized carbons (Fsp3) is 0.388. The maximum Gasteiger partial charge on any atom is 0.405 e. The van der Waals surface area contributed by atoms with Gasteiger partial charge in [0, 0.05) is 55.4 Å². The van der Waals surface area contributed by atoms with E-state index in [-0.39, 0.29) is 19.0 Å². The maximum absolute atomic E-state index is 15.0. The van der Waals surface area contributed by atoms with Gasteiger partial charge in [-0.25, -0.2) is 9.59 Å². The van der Waals surface area contributed by atoms with Crippen LogP contribution in [0.15, 0.2) is 116 Å². The number of para-hydroxylation sites is 1. The van der Waals surface area contributed by atoms with Gasteiger partial charge in [0.25, 0.3) is 0 Å². The summed E-state index contributed by atoms with van der Waals surface area (Å²) in [6, 6.07) is 30.2. The first-order valence-corrected chi connectivity index (χ1v) is 21.2. The average Bonchev–Trinajstić information content (AvgIpc) is 3.58. The Labute approximate surface area is 364 Å². The summed E-state index contributed by atoms with van der Waals surface area (Å²) in [5.74, 6) is -1.38. The molecular weight excluding hydrogens is 783 g/mol. The number of hydrogen-bond acceptors (Lipinski definition) is 7. The van der Waals surface area contributed by atoms with Crippen molar-refractivity contribution in [2.75, 3.05) is 19.6 Å². The quantitative estimate of drug-likeness (QED) is 0.0705. The molecule has 326 valence electrons. The predicted molar refractivity (Wildman–Crippen MR) is 240 cm³/mol. The van der Waals surface area contributed by atoms with Gasteiger partial charge >= 0.3 is 12.1 Å². The minimum absolute atomic E-state index is 0.00644. The summed E-state index contributed by atoms with van der Waals surface area (Å²) in [5.41, 5.74) is 4.01. The molecule has 2 aromatic heterocycles. The fourth-order valence-corrected chi connectivity index (χ4v) is 8.37. The lowest BCUT2D eigenvalue weighted by Crippen LogP contribution is -2.59. The third-order valence-electron chi connectivity index (χ3n) is 11.5. The van der Waals surface area contributed by atoms with Gasteiger partial charge in [-0.1, -0.05) is 120 Å². The molecule has 1 aliphatic heterocycles. The number of hydrogen-bond donors (Lipinski definition) is 5. The van der Waals surface area contributed by atoms with Crippen LogP contribution in [0.25, 0.3) is 22.2 Å². The molecule has 0 aliphatic carbocycles. The number of aliphatic hydroxyl groups is 1. The van der Waals surface area contributed by atoms with Crippen molar-refractivity contribution in [3.8, 4) is 11.3 Å². The van der Waals surface area contributed by atoms with E-state index in [2.05, 4.69) is 25.9 Å². The zero-order chi connectivity index (χ0) is 44.6. The first-order valence-electron chi connectivity index (χ1n) is 21.2. The van der Waals surface area contributed by atoms with E-state index < -0.39 is 58.9 Å². The Morgan fingerprint density at radius 1 is 0.758 bits per heavy atom. The van der Waals surface area contributed by atoms with Crippen LogP contribution in [0.1, 0.15) is 70.6 Å². The highest BCUT2D eigenvalue weighted by Crippen LogP contribution is 2.33. The highest BCUT2D eigenvalue weighted by Gasteiger charge is 2.45. The Balaban J connectivity index is 1.29. The first kappa shape index (κ1) is 45.2. The summed E-state index contributed by atoms with van der Waals surface area (Å²) < 4.78 is 0. The topological polar surface area (TPSA) is 177 Å². The Kier molecular flexibility index (Phi) is 14.3. The molecule has 5 aromatic rings. The first-order chi connectivity index (χ1) is 29.5. The molecule has 3 heterocycles. The van der Waals surface area contributed by atoms with Gasteiger partial charge in [-0.15, -0.1) is 0 Å². The minimum Gasteiger partial charge on any atom is -0.465 e. The van der Waals surface area contributed by atoms with Crippen LogP contribution in [0.3, 0.4) is 0 Å². The number of amides is 5. The molecular formula is C49H59N7O6. The molecule has 1 aliphatic rings. The maximum atomic E-state index is 15.0. The summed E-state index contributed by atoms with van der Waals surface area (Å²) in [6.45, 7) is 12.2. The van der Waals surface area contributed by atoms with Crippen molar-refractivity contribution in [3.05, 3.63) is 132 Å². The number of aromatic nitrogens is 2. The van der Waals surface area contributed by atoms with Crippen molar-refractivity contribution < 1.29 is 29.4 Å². The van der Waals surface area contributed by atoms with Crippen LogP contribution in [0.5, 0.6) is 0 Å². The monoisotopic (exact) mass is 841 g/mol.